The van der Waals surface area contributed by atoms with E-state index in [4.69, 9.17) is 4.74 Å². The molecule has 7 nitrogen and oxygen atoms in total. The van der Waals surface area contributed by atoms with Crippen molar-refractivity contribution in [2.45, 2.75) is 31.4 Å². The Hall–Kier alpha value is -2.71. The summed E-state index contributed by atoms with van der Waals surface area (Å²) in [4.78, 5) is 4.38. The van der Waals surface area contributed by atoms with Gasteiger partial charge in [-0.2, -0.15) is 5.10 Å². The smallest absolute Gasteiger partial charge is 0.240 e. The summed E-state index contributed by atoms with van der Waals surface area (Å²) in [6.07, 6.45) is 7.02. The van der Waals surface area contributed by atoms with Gasteiger partial charge in [-0.25, -0.2) is 13.1 Å². The van der Waals surface area contributed by atoms with Crippen molar-refractivity contribution in [3.63, 3.8) is 0 Å². The number of pyridine rings is 1. The highest BCUT2D eigenvalue weighted by molar-refractivity contribution is 7.89. The van der Waals surface area contributed by atoms with Crippen LogP contribution in [-0.2, 0) is 23.6 Å². The molecular weight excluding hydrogens is 364 g/mol. The van der Waals surface area contributed by atoms with Crippen molar-refractivity contribution in [2.24, 2.45) is 7.05 Å². The van der Waals surface area contributed by atoms with Crippen LogP contribution in [0.4, 0.5) is 0 Å². The molecule has 3 aromatic rings. The van der Waals surface area contributed by atoms with Gasteiger partial charge in [0.25, 0.3) is 0 Å². The zero-order chi connectivity index (χ0) is 19.4. The van der Waals surface area contributed by atoms with Crippen LogP contribution in [0.5, 0.6) is 5.75 Å². The molecule has 0 bridgehead atoms. The van der Waals surface area contributed by atoms with Crippen LogP contribution in [0.3, 0.4) is 0 Å². The first-order chi connectivity index (χ1) is 12.8. The largest absolute Gasteiger partial charge is 0.491 e. The van der Waals surface area contributed by atoms with Gasteiger partial charge in [0.05, 0.1) is 17.2 Å². The number of sulfonamides is 1. The van der Waals surface area contributed by atoms with Gasteiger partial charge in [0.2, 0.25) is 10.0 Å². The van der Waals surface area contributed by atoms with E-state index in [2.05, 4.69) is 14.8 Å². The Bertz CT molecular complexity index is 1010. The van der Waals surface area contributed by atoms with Gasteiger partial charge in [-0.1, -0.05) is 0 Å². The molecule has 0 saturated heterocycles. The number of ether oxygens (including phenoxy) is 1. The molecule has 0 atom stereocenters. The topological polar surface area (TPSA) is 86.1 Å². The van der Waals surface area contributed by atoms with E-state index >= 15 is 0 Å². The number of hydrogen-bond acceptors (Lipinski definition) is 5. The van der Waals surface area contributed by atoms with E-state index in [-0.39, 0.29) is 17.5 Å². The van der Waals surface area contributed by atoms with E-state index in [1.807, 2.05) is 33.2 Å². The van der Waals surface area contributed by atoms with Crippen molar-refractivity contribution in [2.75, 3.05) is 0 Å². The Labute approximate surface area is 159 Å². The molecule has 0 saturated carbocycles. The number of nitrogens with one attached hydrogen (secondary N) is 1. The van der Waals surface area contributed by atoms with Crippen LogP contribution in [0, 0.1) is 0 Å². The maximum absolute atomic E-state index is 12.5. The normalized spacial score (nSPS) is 11.7. The van der Waals surface area contributed by atoms with Crippen molar-refractivity contribution >= 4 is 10.0 Å². The van der Waals surface area contributed by atoms with Gasteiger partial charge in [0, 0.05) is 43.3 Å². The van der Waals surface area contributed by atoms with E-state index in [0.29, 0.717) is 5.75 Å². The van der Waals surface area contributed by atoms with E-state index in [1.165, 1.54) is 12.1 Å². The predicted octanol–water partition coefficient (Wildman–Crippen LogP) is 2.75. The van der Waals surface area contributed by atoms with Crippen LogP contribution in [0.1, 0.15) is 19.4 Å². The molecule has 2 heterocycles. The molecule has 2 aromatic heterocycles. The van der Waals surface area contributed by atoms with Crippen molar-refractivity contribution in [1.29, 1.82) is 0 Å². The highest BCUT2D eigenvalue weighted by Crippen LogP contribution is 2.20. The van der Waals surface area contributed by atoms with Gasteiger partial charge in [-0.3, -0.25) is 9.67 Å². The van der Waals surface area contributed by atoms with Crippen LogP contribution in [-0.4, -0.2) is 29.3 Å². The Kier molecular flexibility index (Phi) is 5.57. The minimum Gasteiger partial charge on any atom is -0.491 e. The third kappa shape index (κ3) is 4.93. The van der Waals surface area contributed by atoms with Crippen molar-refractivity contribution < 1.29 is 13.2 Å². The van der Waals surface area contributed by atoms with Crippen LogP contribution in [0.15, 0.2) is 60.0 Å². The lowest BCUT2D eigenvalue weighted by atomic mass is 10.1. The summed E-state index contributed by atoms with van der Waals surface area (Å²) >= 11 is 0. The maximum Gasteiger partial charge on any atom is 0.240 e. The molecule has 3 rings (SSSR count). The lowest BCUT2D eigenvalue weighted by Crippen LogP contribution is -2.23. The standard InChI is InChI=1S/C19H22N4O3S/c1-14(2)26-18-4-6-19(7-5-18)27(24,25)22-10-15-8-16(11-20-9-15)17-12-21-23(3)13-17/h4-9,11-14,22H,10H2,1-3H3. The van der Waals surface area contributed by atoms with Gasteiger partial charge in [-0.05, 0) is 49.7 Å². The molecule has 0 aliphatic carbocycles. The lowest BCUT2D eigenvalue weighted by Gasteiger charge is -2.11. The summed E-state index contributed by atoms with van der Waals surface area (Å²) in [6, 6.07) is 8.26. The van der Waals surface area contributed by atoms with E-state index in [0.717, 1.165) is 16.7 Å². The number of benzene rings is 1. The highest BCUT2D eigenvalue weighted by atomic mass is 32.2. The molecule has 0 fully saturated rings. The van der Waals surface area contributed by atoms with Crippen molar-refractivity contribution in [3.8, 4) is 16.9 Å². The molecule has 0 amide bonds. The van der Waals surface area contributed by atoms with Crippen LogP contribution < -0.4 is 9.46 Å². The number of aryl methyl sites for hydroxylation is 1. The second-order valence-electron chi connectivity index (χ2n) is 6.45. The minimum absolute atomic E-state index is 0.0326. The first kappa shape index (κ1) is 19.1. The zero-order valence-electron chi connectivity index (χ0n) is 15.5. The van der Waals surface area contributed by atoms with Crippen molar-refractivity contribution in [1.82, 2.24) is 19.5 Å². The monoisotopic (exact) mass is 386 g/mol. The molecule has 27 heavy (non-hydrogen) atoms. The first-order valence-electron chi connectivity index (χ1n) is 8.53. The maximum atomic E-state index is 12.5. The second kappa shape index (κ2) is 7.89. The summed E-state index contributed by atoms with van der Waals surface area (Å²) < 4.78 is 34.9. The average Bonchev–Trinajstić information content (AvgIpc) is 3.07. The molecule has 1 N–H and O–H groups in total. The molecule has 0 aliphatic rings. The Morgan fingerprint density at radius 3 is 2.48 bits per heavy atom. The van der Waals surface area contributed by atoms with Gasteiger partial charge in [-0.15, -0.1) is 0 Å². The molecule has 8 heteroatoms. The van der Waals surface area contributed by atoms with Gasteiger partial charge >= 0.3 is 0 Å². The van der Waals surface area contributed by atoms with Gasteiger partial charge in [0.1, 0.15) is 5.75 Å². The SMILES string of the molecule is CC(C)Oc1ccc(S(=O)(=O)NCc2cncc(-c3cnn(C)c3)c2)cc1. The predicted molar refractivity (Wildman–Crippen MR) is 103 cm³/mol. The van der Waals surface area contributed by atoms with E-state index in [1.54, 1.807) is 35.4 Å². The lowest BCUT2D eigenvalue weighted by molar-refractivity contribution is 0.242. The van der Waals surface area contributed by atoms with Crippen LogP contribution in [0.25, 0.3) is 11.1 Å². The van der Waals surface area contributed by atoms with Gasteiger partial charge in [0.15, 0.2) is 0 Å². The second-order valence-corrected chi connectivity index (χ2v) is 8.21. The first-order valence-corrected chi connectivity index (χ1v) is 10.0. The summed E-state index contributed by atoms with van der Waals surface area (Å²) in [5.41, 5.74) is 2.57. The Morgan fingerprint density at radius 1 is 1.11 bits per heavy atom. The third-order valence-electron chi connectivity index (χ3n) is 3.81. The van der Waals surface area contributed by atoms with Crippen molar-refractivity contribution in [3.05, 3.63) is 60.7 Å². The fourth-order valence-corrected chi connectivity index (χ4v) is 3.56. The number of hydrogen-bond donors (Lipinski definition) is 1. The molecule has 0 unspecified atom stereocenters. The molecular formula is C19H22N4O3S. The fourth-order valence-electron chi connectivity index (χ4n) is 2.54. The molecule has 1 aromatic carbocycles. The number of nitrogens with zero attached hydrogens (tertiary/aromatic N) is 3. The summed E-state index contributed by atoms with van der Waals surface area (Å²) in [7, 11) is -1.79. The molecule has 0 spiro atoms. The average molecular weight is 386 g/mol. The third-order valence-corrected chi connectivity index (χ3v) is 5.22. The fraction of sp³-hybridized carbons (Fsp3) is 0.263. The van der Waals surface area contributed by atoms with Gasteiger partial charge < -0.3 is 4.74 Å². The molecule has 0 aliphatic heterocycles. The minimum atomic E-state index is -3.63. The Morgan fingerprint density at radius 2 is 1.85 bits per heavy atom. The molecule has 142 valence electrons. The number of aromatic nitrogens is 3. The highest BCUT2D eigenvalue weighted by Gasteiger charge is 2.14. The number of rotatable bonds is 7. The van der Waals surface area contributed by atoms with E-state index in [9.17, 15) is 8.42 Å². The quantitative estimate of drug-likeness (QED) is 0.675. The summed E-state index contributed by atoms with van der Waals surface area (Å²) in [5, 5.41) is 4.14. The summed E-state index contributed by atoms with van der Waals surface area (Å²) in [5.74, 6) is 0.636. The summed E-state index contributed by atoms with van der Waals surface area (Å²) in [6.45, 7) is 3.98. The van der Waals surface area contributed by atoms with Crippen LogP contribution in [0.2, 0.25) is 0 Å². The van der Waals surface area contributed by atoms with Crippen LogP contribution >= 0.6 is 0 Å². The Balaban J connectivity index is 1.70. The molecule has 0 radical (unpaired) electrons. The van der Waals surface area contributed by atoms with E-state index < -0.39 is 10.0 Å². The zero-order valence-corrected chi connectivity index (χ0v) is 16.3.